The van der Waals surface area contributed by atoms with Gasteiger partial charge in [0.1, 0.15) is 23.8 Å². The van der Waals surface area contributed by atoms with Gasteiger partial charge in [-0.2, -0.15) is 5.10 Å². The predicted octanol–water partition coefficient (Wildman–Crippen LogP) is 0.725. The summed E-state index contributed by atoms with van der Waals surface area (Å²) in [6.07, 6.45) is 0.342. The van der Waals surface area contributed by atoms with E-state index in [1.807, 2.05) is 0 Å². The van der Waals surface area contributed by atoms with E-state index in [0.29, 0.717) is 17.1 Å². The number of amides is 2. The van der Waals surface area contributed by atoms with E-state index in [9.17, 15) is 14.4 Å². The molecule has 0 unspecified atom stereocenters. The van der Waals surface area contributed by atoms with Gasteiger partial charge in [0.15, 0.2) is 0 Å². The number of ether oxygens (including phenoxy) is 2. The quantitative estimate of drug-likeness (QED) is 0.765. The number of rotatable bonds is 7. The first kappa shape index (κ1) is 19.2. The molecule has 2 amide bonds. The van der Waals surface area contributed by atoms with Crippen molar-refractivity contribution in [2.45, 2.75) is 19.4 Å². The van der Waals surface area contributed by atoms with Crippen molar-refractivity contribution in [2.75, 3.05) is 27.8 Å². The Kier molecular flexibility index (Phi) is 6.16. The third-order valence-electron chi connectivity index (χ3n) is 3.85. The molecule has 0 bridgehead atoms. The average Bonchev–Trinajstić information content (AvgIpc) is 2.62. The SMILES string of the molecule is COc1cc(CN(CC(=O)O)C(=O)C2=NN(C)C(=O)CC2)cc(OC)c1. The van der Waals surface area contributed by atoms with Crippen LogP contribution >= 0.6 is 0 Å². The van der Waals surface area contributed by atoms with E-state index in [2.05, 4.69) is 5.10 Å². The summed E-state index contributed by atoms with van der Waals surface area (Å²) >= 11 is 0. The van der Waals surface area contributed by atoms with Crippen molar-refractivity contribution in [3.05, 3.63) is 23.8 Å². The Morgan fingerprint density at radius 3 is 2.31 bits per heavy atom. The molecule has 1 N–H and O–H groups in total. The fourth-order valence-electron chi connectivity index (χ4n) is 2.55. The van der Waals surface area contributed by atoms with Crippen LogP contribution < -0.4 is 9.47 Å². The largest absolute Gasteiger partial charge is 0.497 e. The number of carbonyl (C=O) groups is 3. The van der Waals surface area contributed by atoms with Crippen molar-refractivity contribution in [3.63, 3.8) is 0 Å². The smallest absolute Gasteiger partial charge is 0.323 e. The van der Waals surface area contributed by atoms with Gasteiger partial charge in [0.2, 0.25) is 5.91 Å². The van der Waals surface area contributed by atoms with Gasteiger partial charge in [-0.25, -0.2) is 5.01 Å². The molecule has 0 aromatic heterocycles. The number of carboxylic acids is 1. The van der Waals surface area contributed by atoms with Crippen LogP contribution in [0.5, 0.6) is 11.5 Å². The minimum absolute atomic E-state index is 0.0371. The van der Waals surface area contributed by atoms with Crippen molar-refractivity contribution in [3.8, 4) is 11.5 Å². The van der Waals surface area contributed by atoms with E-state index >= 15 is 0 Å². The number of hydrazone groups is 1. The van der Waals surface area contributed by atoms with Crippen LogP contribution in [0.15, 0.2) is 23.3 Å². The predicted molar refractivity (Wildman–Crippen MR) is 92.0 cm³/mol. The summed E-state index contributed by atoms with van der Waals surface area (Å²) < 4.78 is 10.4. The molecule has 0 fully saturated rings. The molecule has 1 aliphatic heterocycles. The highest BCUT2D eigenvalue weighted by molar-refractivity contribution is 6.39. The normalized spacial score (nSPS) is 13.9. The highest BCUT2D eigenvalue weighted by Crippen LogP contribution is 2.23. The van der Waals surface area contributed by atoms with E-state index in [1.54, 1.807) is 18.2 Å². The molecule has 1 aliphatic rings. The lowest BCUT2D eigenvalue weighted by Crippen LogP contribution is -2.42. The summed E-state index contributed by atoms with van der Waals surface area (Å²) in [5.74, 6) is -0.795. The summed E-state index contributed by atoms with van der Waals surface area (Å²) in [7, 11) is 4.47. The standard InChI is InChI=1S/C17H21N3O6/c1-19-15(21)5-4-14(18-19)17(24)20(10-16(22)23)9-11-6-12(25-2)8-13(7-11)26-3/h6-8H,4-5,9-10H2,1-3H3,(H,22,23). The van der Waals surface area contributed by atoms with Gasteiger partial charge in [-0.05, 0) is 17.7 Å². The Hall–Kier alpha value is -3.10. The first-order valence-corrected chi connectivity index (χ1v) is 7.91. The zero-order valence-corrected chi connectivity index (χ0v) is 14.9. The molecule has 0 spiro atoms. The lowest BCUT2D eigenvalue weighted by Gasteiger charge is -2.25. The van der Waals surface area contributed by atoms with Gasteiger partial charge in [0, 0.05) is 32.5 Å². The van der Waals surface area contributed by atoms with Gasteiger partial charge in [0.25, 0.3) is 5.91 Å². The molecular formula is C17H21N3O6. The molecular weight excluding hydrogens is 342 g/mol. The molecule has 9 heteroatoms. The van der Waals surface area contributed by atoms with E-state index in [0.717, 1.165) is 5.01 Å². The molecule has 0 saturated carbocycles. The van der Waals surface area contributed by atoms with Crippen molar-refractivity contribution in [2.24, 2.45) is 5.10 Å². The second kappa shape index (κ2) is 8.32. The number of hydrogen-bond donors (Lipinski definition) is 1. The Bertz CT molecular complexity index is 724. The van der Waals surface area contributed by atoms with Crippen molar-refractivity contribution in [1.82, 2.24) is 9.91 Å². The van der Waals surface area contributed by atoms with Crippen LogP contribution in [0.1, 0.15) is 18.4 Å². The molecule has 26 heavy (non-hydrogen) atoms. The Labute approximate surface area is 150 Å². The maximum absolute atomic E-state index is 12.7. The molecule has 0 saturated heterocycles. The summed E-state index contributed by atoms with van der Waals surface area (Å²) in [5.41, 5.74) is 0.805. The third-order valence-corrected chi connectivity index (χ3v) is 3.85. The summed E-state index contributed by atoms with van der Waals surface area (Å²) in [5, 5.41) is 14.2. The first-order chi connectivity index (χ1) is 12.3. The molecule has 0 radical (unpaired) electrons. The number of methoxy groups -OCH3 is 2. The first-order valence-electron chi connectivity index (χ1n) is 7.91. The van der Waals surface area contributed by atoms with Crippen molar-refractivity contribution < 1.29 is 29.0 Å². The van der Waals surface area contributed by atoms with E-state index in [-0.39, 0.29) is 31.0 Å². The average molecular weight is 363 g/mol. The van der Waals surface area contributed by atoms with E-state index in [1.165, 1.54) is 26.2 Å². The monoisotopic (exact) mass is 363 g/mol. The van der Waals surface area contributed by atoms with Crippen molar-refractivity contribution in [1.29, 1.82) is 0 Å². The number of hydrogen-bond acceptors (Lipinski definition) is 6. The number of benzene rings is 1. The van der Waals surface area contributed by atoms with Crippen LogP contribution in [0.4, 0.5) is 0 Å². The molecule has 1 heterocycles. The van der Waals surface area contributed by atoms with Crippen molar-refractivity contribution >= 4 is 23.5 Å². The highest BCUT2D eigenvalue weighted by Gasteiger charge is 2.27. The van der Waals surface area contributed by atoms with Gasteiger partial charge >= 0.3 is 5.97 Å². The third kappa shape index (κ3) is 4.71. The lowest BCUT2D eigenvalue weighted by atomic mass is 10.1. The molecule has 0 aliphatic carbocycles. The number of nitrogens with zero attached hydrogens (tertiary/aromatic N) is 3. The van der Waals surface area contributed by atoms with Crippen LogP contribution in [0.25, 0.3) is 0 Å². The van der Waals surface area contributed by atoms with Gasteiger partial charge in [-0.1, -0.05) is 0 Å². The van der Waals surface area contributed by atoms with Crippen LogP contribution in [0.2, 0.25) is 0 Å². The topological polar surface area (TPSA) is 109 Å². The molecule has 2 rings (SSSR count). The van der Waals surface area contributed by atoms with Gasteiger partial charge in [0.05, 0.1) is 14.2 Å². The molecule has 140 valence electrons. The molecule has 1 aromatic carbocycles. The summed E-state index contributed by atoms with van der Waals surface area (Å²) in [4.78, 5) is 36.6. The van der Waals surface area contributed by atoms with Crippen LogP contribution in [-0.4, -0.2) is 66.3 Å². The second-order valence-electron chi connectivity index (χ2n) is 5.74. The molecule has 1 aromatic rings. The second-order valence-corrected chi connectivity index (χ2v) is 5.74. The van der Waals surface area contributed by atoms with E-state index < -0.39 is 18.4 Å². The summed E-state index contributed by atoms with van der Waals surface area (Å²) in [6.45, 7) is -0.454. The van der Waals surface area contributed by atoms with Crippen LogP contribution in [0, 0.1) is 0 Å². The molecule has 0 atom stereocenters. The Morgan fingerprint density at radius 2 is 1.81 bits per heavy atom. The van der Waals surface area contributed by atoms with Gasteiger partial charge in [-0.15, -0.1) is 0 Å². The number of carboxylic acid groups (broad SMARTS) is 1. The molecule has 9 nitrogen and oxygen atoms in total. The van der Waals surface area contributed by atoms with Crippen LogP contribution in [-0.2, 0) is 20.9 Å². The highest BCUT2D eigenvalue weighted by atomic mass is 16.5. The maximum atomic E-state index is 12.7. The minimum atomic E-state index is -1.14. The lowest BCUT2D eigenvalue weighted by molar-refractivity contribution is -0.142. The van der Waals surface area contributed by atoms with Crippen LogP contribution in [0.3, 0.4) is 0 Å². The minimum Gasteiger partial charge on any atom is -0.497 e. The van der Waals surface area contributed by atoms with E-state index in [4.69, 9.17) is 14.6 Å². The Morgan fingerprint density at radius 1 is 1.19 bits per heavy atom. The number of aliphatic carboxylic acids is 1. The Balaban J connectivity index is 2.27. The zero-order valence-electron chi connectivity index (χ0n) is 14.9. The summed E-state index contributed by atoms with van der Waals surface area (Å²) in [6, 6.07) is 5.07. The van der Waals surface area contributed by atoms with Gasteiger partial charge < -0.3 is 19.5 Å². The fourth-order valence-corrected chi connectivity index (χ4v) is 2.55. The zero-order chi connectivity index (χ0) is 19.3. The number of carbonyl (C=O) groups excluding carboxylic acids is 2. The fraction of sp³-hybridized carbons (Fsp3) is 0.412. The maximum Gasteiger partial charge on any atom is 0.323 e. The van der Waals surface area contributed by atoms with Gasteiger partial charge in [-0.3, -0.25) is 14.4 Å².